The molecule has 0 aromatic heterocycles. The van der Waals surface area contributed by atoms with Crippen LogP contribution in [0, 0.1) is 12.8 Å². The number of ketones is 1. The third-order valence-corrected chi connectivity index (χ3v) is 4.75. The van der Waals surface area contributed by atoms with Crippen LogP contribution < -0.4 is 4.74 Å². The van der Waals surface area contributed by atoms with Crippen LogP contribution in [0.15, 0.2) is 67.3 Å². The lowest BCUT2D eigenvalue weighted by Gasteiger charge is -2.17. The Hall–Kier alpha value is -2.60. The fraction of sp³-hybridized carbons (Fsp3) is 0.444. The highest BCUT2D eigenvalue weighted by atomic mass is 19.4. The van der Waals surface area contributed by atoms with Crippen molar-refractivity contribution in [2.75, 3.05) is 0 Å². The Balaban J connectivity index is 0.000000438. The molecule has 1 aliphatic carbocycles. The first-order valence-corrected chi connectivity index (χ1v) is 11.2. The molecule has 0 heterocycles. The minimum atomic E-state index is -4.60. The van der Waals surface area contributed by atoms with Gasteiger partial charge in [0.25, 0.3) is 0 Å². The van der Waals surface area contributed by atoms with Crippen molar-refractivity contribution >= 4 is 5.78 Å². The second-order valence-corrected chi connectivity index (χ2v) is 7.65. The number of rotatable bonds is 4. The molecule has 1 aliphatic rings. The second-order valence-electron chi connectivity index (χ2n) is 7.65. The van der Waals surface area contributed by atoms with Crippen LogP contribution >= 0.6 is 0 Å². The molecular formula is C27H37F3O3. The molecule has 0 saturated heterocycles. The van der Waals surface area contributed by atoms with Gasteiger partial charge < -0.3 is 9.84 Å². The van der Waals surface area contributed by atoms with Crippen LogP contribution in [0.25, 0.3) is 0 Å². The molecule has 0 unspecified atom stereocenters. The predicted molar refractivity (Wildman–Crippen MR) is 128 cm³/mol. The van der Waals surface area contributed by atoms with Gasteiger partial charge in [0.2, 0.25) is 0 Å². The Morgan fingerprint density at radius 3 is 1.91 bits per heavy atom. The Morgan fingerprint density at radius 1 is 1.06 bits per heavy atom. The van der Waals surface area contributed by atoms with Crippen molar-refractivity contribution in [3.05, 3.63) is 78.4 Å². The number of allylic oxidation sites excluding steroid dienone is 1. The van der Waals surface area contributed by atoms with Crippen molar-refractivity contribution in [2.24, 2.45) is 5.92 Å². The van der Waals surface area contributed by atoms with Gasteiger partial charge in [-0.2, -0.15) is 0 Å². The van der Waals surface area contributed by atoms with E-state index < -0.39 is 6.36 Å². The second kappa shape index (κ2) is 17.9. The third kappa shape index (κ3) is 17.6. The molecule has 0 amide bonds. The molecular weight excluding hydrogens is 429 g/mol. The summed E-state index contributed by atoms with van der Waals surface area (Å²) in [5.74, 6) is 0.626. The van der Waals surface area contributed by atoms with Crippen molar-refractivity contribution < 1.29 is 27.8 Å². The van der Waals surface area contributed by atoms with E-state index in [1.165, 1.54) is 31.4 Å². The van der Waals surface area contributed by atoms with Gasteiger partial charge in [0.15, 0.2) is 0 Å². The molecule has 1 N–H and O–H groups in total. The Kier molecular flexibility index (Phi) is 16.5. The number of ether oxygens (including phenoxy) is 1. The van der Waals surface area contributed by atoms with Crippen molar-refractivity contribution in [3.8, 4) is 5.75 Å². The van der Waals surface area contributed by atoms with Crippen LogP contribution in [-0.4, -0.2) is 17.3 Å². The minimum absolute atomic E-state index is 0.140. The van der Waals surface area contributed by atoms with Crippen LogP contribution in [0.1, 0.15) is 63.5 Å². The van der Waals surface area contributed by atoms with E-state index in [9.17, 15) is 18.0 Å². The van der Waals surface area contributed by atoms with Crippen molar-refractivity contribution in [1.29, 1.82) is 0 Å². The van der Waals surface area contributed by atoms with Gasteiger partial charge in [0.05, 0.1) is 6.61 Å². The number of aliphatic hydroxyl groups is 1. The van der Waals surface area contributed by atoms with Gasteiger partial charge in [-0.25, -0.2) is 0 Å². The maximum atomic E-state index is 11.6. The van der Waals surface area contributed by atoms with Crippen LogP contribution in [0.4, 0.5) is 13.2 Å². The maximum Gasteiger partial charge on any atom is 0.573 e. The predicted octanol–water partition coefficient (Wildman–Crippen LogP) is 7.81. The summed E-state index contributed by atoms with van der Waals surface area (Å²) in [7, 11) is 0. The summed E-state index contributed by atoms with van der Waals surface area (Å²) in [5.41, 5.74) is 1.86. The first-order chi connectivity index (χ1) is 15.6. The zero-order chi connectivity index (χ0) is 25.1. The van der Waals surface area contributed by atoms with E-state index in [0.717, 1.165) is 30.4 Å². The first-order valence-electron chi connectivity index (χ1n) is 11.2. The van der Waals surface area contributed by atoms with Gasteiger partial charge in [0.1, 0.15) is 11.5 Å². The van der Waals surface area contributed by atoms with E-state index >= 15 is 0 Å². The molecule has 3 nitrogen and oxygen atoms in total. The molecule has 0 atom stereocenters. The minimum Gasteiger partial charge on any atom is -0.406 e. The lowest BCUT2D eigenvalue weighted by atomic mass is 9.87. The standard InChI is InChI=1S/C8H7F3O.C8H14O.C7H8O.C4H8/c1-6-2-4-7(5-3-6)12-8(9,10)11;1-7(9)8-5-3-2-4-6-8;8-6-7-4-2-1-3-5-7;1-3-4-2/h2-5H,1H3;8H,2-6H2,1H3;1-5,8H,6H2;3H,1,4H2,2H3. The fourth-order valence-corrected chi connectivity index (χ4v) is 2.83. The zero-order valence-electron chi connectivity index (χ0n) is 19.9. The fourth-order valence-electron chi connectivity index (χ4n) is 2.83. The molecule has 3 rings (SSSR count). The normalized spacial score (nSPS) is 13.1. The number of hydrogen-bond acceptors (Lipinski definition) is 3. The Morgan fingerprint density at radius 2 is 1.58 bits per heavy atom. The third-order valence-electron chi connectivity index (χ3n) is 4.75. The van der Waals surface area contributed by atoms with E-state index in [1.807, 2.05) is 36.4 Å². The van der Waals surface area contributed by atoms with Crippen LogP contribution in [-0.2, 0) is 11.4 Å². The molecule has 0 bridgehead atoms. The number of carbonyl (C=O) groups excluding carboxylic acids is 1. The topological polar surface area (TPSA) is 46.5 Å². The molecule has 1 fully saturated rings. The monoisotopic (exact) mass is 466 g/mol. The smallest absolute Gasteiger partial charge is 0.406 e. The van der Waals surface area contributed by atoms with Gasteiger partial charge in [-0.15, -0.1) is 19.8 Å². The van der Waals surface area contributed by atoms with Gasteiger partial charge in [-0.1, -0.05) is 80.3 Å². The molecule has 184 valence electrons. The summed E-state index contributed by atoms with van der Waals surface area (Å²) in [6.07, 6.45) is 4.53. The lowest BCUT2D eigenvalue weighted by molar-refractivity contribution is -0.274. The number of halogens is 3. The van der Waals surface area contributed by atoms with Crippen LogP contribution in [0.5, 0.6) is 5.75 Å². The van der Waals surface area contributed by atoms with E-state index in [1.54, 1.807) is 26.0 Å². The highest BCUT2D eigenvalue weighted by Crippen LogP contribution is 2.24. The van der Waals surface area contributed by atoms with Gasteiger partial charge in [-0.3, -0.25) is 4.79 Å². The van der Waals surface area contributed by atoms with Crippen molar-refractivity contribution in [2.45, 2.75) is 72.3 Å². The Bertz CT molecular complexity index is 750. The van der Waals surface area contributed by atoms with Gasteiger partial charge in [-0.05, 0) is 50.8 Å². The number of carbonyl (C=O) groups is 1. The zero-order valence-corrected chi connectivity index (χ0v) is 19.9. The van der Waals surface area contributed by atoms with Gasteiger partial charge in [0, 0.05) is 5.92 Å². The number of benzene rings is 2. The molecule has 0 spiro atoms. The average Bonchev–Trinajstić information content (AvgIpc) is 2.82. The molecule has 1 saturated carbocycles. The van der Waals surface area contributed by atoms with Crippen molar-refractivity contribution in [1.82, 2.24) is 0 Å². The molecule has 33 heavy (non-hydrogen) atoms. The van der Waals surface area contributed by atoms with E-state index in [2.05, 4.69) is 18.2 Å². The summed E-state index contributed by atoms with van der Waals surface area (Å²) in [6, 6.07) is 15.2. The number of alkyl halides is 3. The first kappa shape index (κ1) is 30.4. The quantitative estimate of drug-likeness (QED) is 0.467. The van der Waals surface area contributed by atoms with E-state index in [0.29, 0.717) is 11.7 Å². The van der Waals surface area contributed by atoms with Crippen molar-refractivity contribution in [3.63, 3.8) is 0 Å². The summed E-state index contributed by atoms with van der Waals surface area (Å²) in [6.45, 7) is 9.19. The SMILES string of the molecule is C=CCC.CC(=O)C1CCCCC1.Cc1ccc(OC(F)(F)F)cc1.OCc1ccccc1. The maximum absolute atomic E-state index is 11.6. The molecule has 0 aliphatic heterocycles. The number of hydrogen-bond donors (Lipinski definition) is 1. The summed E-state index contributed by atoms with van der Waals surface area (Å²) < 4.78 is 38.5. The highest BCUT2D eigenvalue weighted by molar-refractivity contribution is 5.78. The van der Waals surface area contributed by atoms with E-state index in [-0.39, 0.29) is 12.4 Å². The van der Waals surface area contributed by atoms with Crippen LogP contribution in [0.2, 0.25) is 0 Å². The molecule has 0 radical (unpaired) electrons. The average molecular weight is 467 g/mol. The van der Waals surface area contributed by atoms with Crippen LogP contribution in [0.3, 0.4) is 0 Å². The lowest BCUT2D eigenvalue weighted by Crippen LogP contribution is -2.16. The molecule has 2 aromatic carbocycles. The molecule has 6 heteroatoms. The summed E-state index contributed by atoms with van der Waals surface area (Å²) >= 11 is 0. The summed E-state index contributed by atoms with van der Waals surface area (Å²) in [5, 5.41) is 8.54. The molecule has 2 aromatic rings. The van der Waals surface area contributed by atoms with E-state index in [4.69, 9.17) is 5.11 Å². The Labute approximate surface area is 196 Å². The largest absolute Gasteiger partial charge is 0.573 e. The number of aliphatic hydroxyl groups excluding tert-OH is 1. The van der Waals surface area contributed by atoms with Gasteiger partial charge >= 0.3 is 6.36 Å². The summed E-state index contributed by atoms with van der Waals surface area (Å²) in [4.78, 5) is 10.8. The highest BCUT2D eigenvalue weighted by Gasteiger charge is 2.30. The number of Topliss-reactive ketones (excluding diaryl/α,β-unsaturated/α-hetero) is 1. The number of aryl methyl sites for hydroxylation is 1.